The Labute approximate surface area is 129 Å². The van der Waals surface area contributed by atoms with Crippen molar-refractivity contribution in [1.82, 2.24) is 10.3 Å². The zero-order valence-corrected chi connectivity index (χ0v) is 13.7. The van der Waals surface area contributed by atoms with Crippen LogP contribution in [-0.2, 0) is 0 Å². The number of hydrogen-bond acceptors (Lipinski definition) is 3. The molecule has 2 saturated carbocycles. The molecular weight excluding hydrogens is 258 g/mol. The molecule has 2 aliphatic carbocycles. The molecule has 21 heavy (non-hydrogen) atoms. The number of nitrogens with zero attached hydrogens (tertiary/aromatic N) is 2. The lowest BCUT2D eigenvalue weighted by Crippen LogP contribution is -2.29. The maximum atomic E-state index is 4.58. The molecule has 0 aromatic carbocycles. The van der Waals surface area contributed by atoms with Crippen LogP contribution in [-0.4, -0.2) is 25.1 Å². The quantitative estimate of drug-likeness (QED) is 0.866. The lowest BCUT2D eigenvalue weighted by Gasteiger charge is -2.28. The molecule has 4 unspecified atom stereocenters. The highest BCUT2D eigenvalue weighted by atomic mass is 15.2. The van der Waals surface area contributed by atoms with E-state index in [9.17, 15) is 0 Å². The normalized spacial score (nSPS) is 28.8. The minimum Gasteiger partial charge on any atom is -0.359 e. The summed E-state index contributed by atoms with van der Waals surface area (Å²) in [5.74, 6) is 4.04. The van der Waals surface area contributed by atoms with Gasteiger partial charge in [-0.3, -0.25) is 0 Å². The Kier molecular flexibility index (Phi) is 4.48. The van der Waals surface area contributed by atoms with Crippen molar-refractivity contribution < 1.29 is 0 Å². The van der Waals surface area contributed by atoms with Crippen LogP contribution in [0.15, 0.2) is 18.3 Å². The standard InChI is InChI=1S/C18H29N3/c1-4-19-13(2)15-7-8-20-18(11-15)21(3)12-17-10-14-5-6-16(17)9-14/h7-8,11,13-14,16-17,19H,4-6,9-10,12H2,1-3H3. The maximum absolute atomic E-state index is 4.58. The number of aromatic nitrogens is 1. The second kappa shape index (κ2) is 6.35. The van der Waals surface area contributed by atoms with Crippen LogP contribution in [0.1, 0.15) is 51.1 Å². The summed E-state index contributed by atoms with van der Waals surface area (Å²) in [6.07, 6.45) is 7.84. The summed E-state index contributed by atoms with van der Waals surface area (Å²) in [6.45, 7) is 6.55. The number of nitrogens with one attached hydrogen (secondary N) is 1. The van der Waals surface area contributed by atoms with E-state index in [2.05, 4.69) is 48.2 Å². The molecule has 1 heterocycles. The molecule has 116 valence electrons. The number of fused-ring (bicyclic) bond motifs is 2. The smallest absolute Gasteiger partial charge is 0.128 e. The van der Waals surface area contributed by atoms with Crippen molar-refractivity contribution in [2.45, 2.75) is 45.6 Å². The van der Waals surface area contributed by atoms with Gasteiger partial charge in [0.25, 0.3) is 0 Å². The summed E-state index contributed by atoms with van der Waals surface area (Å²) in [5, 5.41) is 3.48. The topological polar surface area (TPSA) is 28.2 Å². The van der Waals surface area contributed by atoms with Crippen molar-refractivity contribution in [3.63, 3.8) is 0 Å². The first-order valence-corrected chi connectivity index (χ1v) is 8.57. The number of anilines is 1. The van der Waals surface area contributed by atoms with Crippen molar-refractivity contribution in [3.8, 4) is 0 Å². The van der Waals surface area contributed by atoms with Gasteiger partial charge in [-0.15, -0.1) is 0 Å². The monoisotopic (exact) mass is 287 g/mol. The Hall–Kier alpha value is -1.09. The van der Waals surface area contributed by atoms with Gasteiger partial charge in [0.1, 0.15) is 5.82 Å². The molecule has 2 aliphatic rings. The van der Waals surface area contributed by atoms with Crippen LogP contribution in [0.4, 0.5) is 5.82 Å². The summed E-state index contributed by atoms with van der Waals surface area (Å²) < 4.78 is 0. The summed E-state index contributed by atoms with van der Waals surface area (Å²) in [4.78, 5) is 6.95. The lowest BCUT2D eigenvalue weighted by atomic mass is 9.88. The van der Waals surface area contributed by atoms with E-state index < -0.39 is 0 Å². The zero-order chi connectivity index (χ0) is 14.8. The van der Waals surface area contributed by atoms with Gasteiger partial charge in [-0.2, -0.15) is 0 Å². The molecule has 1 N–H and O–H groups in total. The van der Waals surface area contributed by atoms with Gasteiger partial charge in [-0.05, 0) is 68.2 Å². The van der Waals surface area contributed by atoms with Crippen molar-refractivity contribution >= 4 is 5.82 Å². The van der Waals surface area contributed by atoms with E-state index in [1.54, 1.807) is 0 Å². The molecule has 0 amide bonds. The van der Waals surface area contributed by atoms with Gasteiger partial charge in [-0.1, -0.05) is 13.3 Å². The van der Waals surface area contributed by atoms with E-state index in [1.165, 1.54) is 37.8 Å². The Bertz CT molecular complexity index is 473. The second-order valence-electron chi connectivity index (χ2n) is 7.04. The molecule has 3 nitrogen and oxygen atoms in total. The van der Waals surface area contributed by atoms with Gasteiger partial charge in [0.15, 0.2) is 0 Å². The summed E-state index contributed by atoms with van der Waals surface area (Å²) in [5.41, 5.74) is 1.33. The van der Waals surface area contributed by atoms with Crippen LogP contribution in [0.3, 0.4) is 0 Å². The van der Waals surface area contributed by atoms with E-state index in [4.69, 9.17) is 0 Å². The molecule has 1 aromatic rings. The second-order valence-corrected chi connectivity index (χ2v) is 7.04. The van der Waals surface area contributed by atoms with E-state index in [0.29, 0.717) is 6.04 Å². The van der Waals surface area contributed by atoms with Gasteiger partial charge in [-0.25, -0.2) is 4.98 Å². The zero-order valence-electron chi connectivity index (χ0n) is 13.7. The fraction of sp³-hybridized carbons (Fsp3) is 0.722. The Morgan fingerprint density at radius 1 is 1.38 bits per heavy atom. The van der Waals surface area contributed by atoms with E-state index in [1.807, 2.05) is 6.20 Å². The van der Waals surface area contributed by atoms with Gasteiger partial charge in [0, 0.05) is 25.8 Å². The Balaban J connectivity index is 1.64. The van der Waals surface area contributed by atoms with Gasteiger partial charge < -0.3 is 10.2 Å². The van der Waals surface area contributed by atoms with Crippen LogP contribution >= 0.6 is 0 Å². The average molecular weight is 287 g/mol. The molecule has 4 atom stereocenters. The van der Waals surface area contributed by atoms with Crippen LogP contribution in [0.5, 0.6) is 0 Å². The van der Waals surface area contributed by atoms with Crippen LogP contribution in [0, 0.1) is 17.8 Å². The van der Waals surface area contributed by atoms with E-state index in [-0.39, 0.29) is 0 Å². The van der Waals surface area contributed by atoms with Crippen molar-refractivity contribution in [3.05, 3.63) is 23.9 Å². The summed E-state index contributed by atoms with van der Waals surface area (Å²) >= 11 is 0. The highest BCUT2D eigenvalue weighted by molar-refractivity contribution is 5.41. The summed E-state index contributed by atoms with van der Waals surface area (Å²) in [7, 11) is 2.20. The van der Waals surface area contributed by atoms with Crippen LogP contribution in [0.25, 0.3) is 0 Å². The molecule has 3 heteroatoms. The fourth-order valence-corrected chi connectivity index (χ4v) is 4.38. The summed E-state index contributed by atoms with van der Waals surface area (Å²) in [6, 6.07) is 4.77. The lowest BCUT2D eigenvalue weighted by molar-refractivity contribution is 0.337. The molecule has 3 rings (SSSR count). The predicted octanol–water partition coefficient (Wildman–Crippen LogP) is 3.62. The minimum atomic E-state index is 0.396. The molecule has 0 aliphatic heterocycles. The highest BCUT2D eigenvalue weighted by Gasteiger charge is 2.39. The predicted molar refractivity (Wildman–Crippen MR) is 88.5 cm³/mol. The van der Waals surface area contributed by atoms with Crippen LogP contribution < -0.4 is 10.2 Å². The van der Waals surface area contributed by atoms with Gasteiger partial charge in [0.05, 0.1) is 0 Å². The first kappa shape index (κ1) is 14.8. The fourth-order valence-electron chi connectivity index (χ4n) is 4.38. The third kappa shape index (κ3) is 3.23. The third-order valence-corrected chi connectivity index (χ3v) is 5.56. The average Bonchev–Trinajstić information content (AvgIpc) is 3.10. The number of hydrogen-bond donors (Lipinski definition) is 1. The maximum Gasteiger partial charge on any atom is 0.128 e. The van der Waals surface area contributed by atoms with Crippen molar-refractivity contribution in [2.24, 2.45) is 17.8 Å². The molecule has 0 radical (unpaired) electrons. The Morgan fingerprint density at radius 3 is 2.90 bits per heavy atom. The molecule has 2 bridgehead atoms. The molecule has 1 aromatic heterocycles. The van der Waals surface area contributed by atoms with Crippen LogP contribution in [0.2, 0.25) is 0 Å². The van der Waals surface area contributed by atoms with E-state index in [0.717, 1.165) is 30.1 Å². The minimum absolute atomic E-state index is 0.396. The molecule has 2 fully saturated rings. The Morgan fingerprint density at radius 2 is 2.24 bits per heavy atom. The SMILES string of the molecule is CCNC(C)c1ccnc(N(C)CC2CC3CCC2C3)c1. The van der Waals surface area contributed by atoms with Crippen molar-refractivity contribution in [2.75, 3.05) is 25.0 Å². The highest BCUT2D eigenvalue weighted by Crippen LogP contribution is 2.48. The first-order chi connectivity index (χ1) is 10.2. The molecule has 0 spiro atoms. The van der Waals surface area contributed by atoms with Crippen molar-refractivity contribution in [1.29, 1.82) is 0 Å². The molecule has 0 saturated heterocycles. The first-order valence-electron chi connectivity index (χ1n) is 8.57. The largest absolute Gasteiger partial charge is 0.359 e. The van der Waals surface area contributed by atoms with E-state index >= 15 is 0 Å². The number of pyridine rings is 1. The molecular formula is C18H29N3. The van der Waals surface area contributed by atoms with Gasteiger partial charge in [0.2, 0.25) is 0 Å². The van der Waals surface area contributed by atoms with Gasteiger partial charge >= 0.3 is 0 Å². The number of rotatable bonds is 6. The third-order valence-electron chi connectivity index (χ3n) is 5.56.